The maximum atomic E-state index is 5.70. The first-order valence-corrected chi connectivity index (χ1v) is 6.90. The predicted octanol–water partition coefficient (Wildman–Crippen LogP) is 5.58. The largest absolute Gasteiger partial charge is 0.494 e. The van der Waals surface area contributed by atoms with E-state index in [4.69, 9.17) is 4.74 Å². The molecule has 0 aliphatic carbocycles. The SMILES string of the molecule is C=C(C)C(C)(C)C.CC1C=C(C(C)(C)C)OC1C. The summed E-state index contributed by atoms with van der Waals surface area (Å²) in [7, 11) is 0. The molecule has 0 spiro atoms. The third-order valence-corrected chi connectivity index (χ3v) is 3.49. The molecule has 0 aromatic rings. The Labute approximate surface area is 114 Å². The molecule has 18 heavy (non-hydrogen) atoms. The molecule has 0 aromatic carbocycles. The van der Waals surface area contributed by atoms with Crippen molar-refractivity contribution < 1.29 is 4.74 Å². The number of rotatable bonds is 0. The molecule has 1 aliphatic heterocycles. The van der Waals surface area contributed by atoms with Gasteiger partial charge in [0, 0.05) is 11.3 Å². The minimum absolute atomic E-state index is 0.180. The van der Waals surface area contributed by atoms with E-state index in [1.807, 2.05) is 0 Å². The summed E-state index contributed by atoms with van der Waals surface area (Å²) >= 11 is 0. The number of ether oxygens (including phenoxy) is 1. The summed E-state index contributed by atoms with van der Waals surface area (Å²) < 4.78 is 5.70. The fraction of sp³-hybridized carbons (Fsp3) is 0.765. The molecule has 106 valence electrons. The fourth-order valence-corrected chi connectivity index (χ4v) is 1.15. The highest BCUT2D eigenvalue weighted by atomic mass is 16.5. The van der Waals surface area contributed by atoms with Crippen LogP contribution in [0.2, 0.25) is 0 Å². The Bertz CT molecular complexity index is 309. The molecule has 2 unspecified atom stereocenters. The van der Waals surface area contributed by atoms with E-state index in [2.05, 4.69) is 75.0 Å². The van der Waals surface area contributed by atoms with Crippen LogP contribution in [0.15, 0.2) is 24.0 Å². The van der Waals surface area contributed by atoms with Crippen molar-refractivity contribution in [1.29, 1.82) is 0 Å². The summed E-state index contributed by atoms with van der Waals surface area (Å²) in [6, 6.07) is 0. The van der Waals surface area contributed by atoms with Crippen LogP contribution in [-0.4, -0.2) is 6.10 Å². The van der Waals surface area contributed by atoms with Crippen molar-refractivity contribution in [3.05, 3.63) is 24.0 Å². The molecule has 1 heterocycles. The molecule has 0 fully saturated rings. The van der Waals surface area contributed by atoms with Crippen LogP contribution < -0.4 is 0 Å². The lowest BCUT2D eigenvalue weighted by Crippen LogP contribution is -2.13. The van der Waals surface area contributed by atoms with Gasteiger partial charge < -0.3 is 4.74 Å². The van der Waals surface area contributed by atoms with Crippen LogP contribution in [-0.2, 0) is 4.74 Å². The third-order valence-electron chi connectivity index (χ3n) is 3.49. The van der Waals surface area contributed by atoms with Gasteiger partial charge in [-0.1, -0.05) is 60.6 Å². The molecule has 1 rings (SSSR count). The molecule has 0 saturated heterocycles. The van der Waals surface area contributed by atoms with Gasteiger partial charge in [-0.2, -0.15) is 0 Å². The molecule has 0 N–H and O–H groups in total. The zero-order valence-corrected chi connectivity index (χ0v) is 13.8. The summed E-state index contributed by atoms with van der Waals surface area (Å²) in [6.45, 7) is 23.2. The van der Waals surface area contributed by atoms with E-state index in [-0.39, 0.29) is 5.41 Å². The fourth-order valence-electron chi connectivity index (χ4n) is 1.15. The van der Waals surface area contributed by atoms with Crippen molar-refractivity contribution in [2.45, 2.75) is 68.4 Å². The Morgan fingerprint density at radius 3 is 1.61 bits per heavy atom. The topological polar surface area (TPSA) is 9.23 Å². The average Bonchev–Trinajstić information content (AvgIpc) is 2.45. The molecule has 0 saturated carbocycles. The lowest BCUT2D eigenvalue weighted by molar-refractivity contribution is 0.0970. The van der Waals surface area contributed by atoms with Crippen molar-refractivity contribution in [3.8, 4) is 0 Å². The summed E-state index contributed by atoms with van der Waals surface area (Å²) in [5.41, 5.74) is 1.73. The van der Waals surface area contributed by atoms with Crippen LogP contribution in [0.1, 0.15) is 62.3 Å². The Morgan fingerprint density at radius 2 is 1.50 bits per heavy atom. The van der Waals surface area contributed by atoms with Crippen LogP contribution in [0, 0.1) is 16.7 Å². The van der Waals surface area contributed by atoms with Crippen molar-refractivity contribution in [2.75, 3.05) is 0 Å². The van der Waals surface area contributed by atoms with Gasteiger partial charge in [-0.05, 0) is 25.3 Å². The van der Waals surface area contributed by atoms with E-state index in [0.717, 1.165) is 5.76 Å². The monoisotopic (exact) mass is 252 g/mol. The maximum absolute atomic E-state index is 5.70. The number of hydrogen-bond donors (Lipinski definition) is 0. The second-order valence-corrected chi connectivity index (χ2v) is 7.49. The van der Waals surface area contributed by atoms with Crippen molar-refractivity contribution >= 4 is 0 Å². The van der Waals surface area contributed by atoms with Crippen LogP contribution >= 0.6 is 0 Å². The Hall–Kier alpha value is -0.720. The molecule has 2 atom stereocenters. The Morgan fingerprint density at radius 1 is 1.11 bits per heavy atom. The zero-order chi connectivity index (χ0) is 14.7. The number of hydrogen-bond acceptors (Lipinski definition) is 1. The van der Waals surface area contributed by atoms with Gasteiger partial charge >= 0.3 is 0 Å². The maximum Gasteiger partial charge on any atom is 0.102 e. The minimum atomic E-state index is 0.180. The second-order valence-electron chi connectivity index (χ2n) is 7.49. The molecule has 0 amide bonds. The summed E-state index contributed by atoms with van der Waals surface area (Å²) in [6.07, 6.45) is 2.61. The lowest BCUT2D eigenvalue weighted by Gasteiger charge is -2.21. The lowest BCUT2D eigenvalue weighted by atomic mass is 9.89. The summed E-state index contributed by atoms with van der Waals surface area (Å²) in [4.78, 5) is 0. The summed E-state index contributed by atoms with van der Waals surface area (Å²) in [5.74, 6) is 1.72. The smallest absolute Gasteiger partial charge is 0.102 e. The van der Waals surface area contributed by atoms with Gasteiger partial charge in [0.25, 0.3) is 0 Å². The van der Waals surface area contributed by atoms with Crippen molar-refractivity contribution in [3.63, 3.8) is 0 Å². The van der Waals surface area contributed by atoms with Gasteiger partial charge in [-0.15, -0.1) is 0 Å². The first-order chi connectivity index (χ1) is 7.85. The highest BCUT2D eigenvalue weighted by molar-refractivity contribution is 5.10. The zero-order valence-electron chi connectivity index (χ0n) is 13.8. The van der Waals surface area contributed by atoms with Gasteiger partial charge in [-0.25, -0.2) is 0 Å². The molecule has 1 aliphatic rings. The standard InChI is InChI=1S/C10H18O.C7H14/c1-7-6-9(10(3,4)5)11-8(7)2;1-6(2)7(3,4)5/h6-8H,1-5H3;1H2,2-5H3. The highest BCUT2D eigenvalue weighted by Gasteiger charge is 2.28. The molecule has 1 nitrogen and oxygen atoms in total. The van der Waals surface area contributed by atoms with Crippen LogP contribution in [0.25, 0.3) is 0 Å². The van der Waals surface area contributed by atoms with E-state index in [9.17, 15) is 0 Å². The normalized spacial score (nSPS) is 23.7. The molecular weight excluding hydrogens is 220 g/mol. The second kappa shape index (κ2) is 5.95. The quantitative estimate of drug-likeness (QED) is 0.511. The van der Waals surface area contributed by atoms with E-state index in [1.54, 1.807) is 0 Å². The Kier molecular flexibility index (Phi) is 5.71. The molecule has 0 radical (unpaired) electrons. The van der Waals surface area contributed by atoms with E-state index < -0.39 is 0 Å². The van der Waals surface area contributed by atoms with Gasteiger partial charge in [0.15, 0.2) is 0 Å². The molecular formula is C17H32O. The predicted molar refractivity (Wildman–Crippen MR) is 81.5 cm³/mol. The van der Waals surface area contributed by atoms with E-state index in [0.29, 0.717) is 17.4 Å². The van der Waals surface area contributed by atoms with Crippen LogP contribution in [0.5, 0.6) is 0 Å². The highest BCUT2D eigenvalue weighted by Crippen LogP contribution is 2.34. The van der Waals surface area contributed by atoms with Gasteiger partial charge in [0.1, 0.15) is 6.10 Å². The molecule has 0 aromatic heterocycles. The summed E-state index contributed by atoms with van der Waals surface area (Å²) in [5, 5.41) is 0. The first kappa shape index (κ1) is 17.3. The first-order valence-electron chi connectivity index (χ1n) is 6.90. The van der Waals surface area contributed by atoms with E-state index >= 15 is 0 Å². The number of allylic oxidation sites excluding steroid dienone is 2. The van der Waals surface area contributed by atoms with Gasteiger partial charge in [0.2, 0.25) is 0 Å². The van der Waals surface area contributed by atoms with Gasteiger partial charge in [0.05, 0.1) is 5.76 Å². The van der Waals surface area contributed by atoms with Gasteiger partial charge in [-0.3, -0.25) is 0 Å². The van der Waals surface area contributed by atoms with Crippen molar-refractivity contribution in [2.24, 2.45) is 16.7 Å². The Balaban J connectivity index is 0.000000360. The van der Waals surface area contributed by atoms with Crippen LogP contribution in [0.3, 0.4) is 0 Å². The molecule has 0 bridgehead atoms. The third kappa shape index (κ3) is 5.75. The van der Waals surface area contributed by atoms with Crippen molar-refractivity contribution in [1.82, 2.24) is 0 Å². The average molecular weight is 252 g/mol. The minimum Gasteiger partial charge on any atom is -0.494 e. The van der Waals surface area contributed by atoms with Crippen LogP contribution in [0.4, 0.5) is 0 Å². The molecule has 1 heteroatoms. The van der Waals surface area contributed by atoms with E-state index in [1.165, 1.54) is 5.57 Å².